The highest BCUT2D eigenvalue weighted by atomic mass is 79.9. The van der Waals surface area contributed by atoms with Gasteiger partial charge in [-0.05, 0) is 40.9 Å². The molecule has 1 aromatic heterocycles. The Morgan fingerprint density at radius 3 is 2.47 bits per heavy atom. The Morgan fingerprint density at radius 2 is 2.00 bits per heavy atom. The molecule has 2 unspecified atom stereocenters. The van der Waals surface area contributed by atoms with Gasteiger partial charge in [-0.2, -0.15) is 0 Å². The lowest BCUT2D eigenvalue weighted by molar-refractivity contribution is 0.0980. The Hall–Kier alpha value is -0.320. The summed E-state index contributed by atoms with van der Waals surface area (Å²) in [4.78, 5) is 0. The number of furan rings is 1. The molecule has 0 saturated heterocycles. The van der Waals surface area contributed by atoms with Crippen molar-refractivity contribution in [3.63, 3.8) is 0 Å². The van der Waals surface area contributed by atoms with Gasteiger partial charge in [0.05, 0.1) is 12.1 Å². The van der Waals surface area contributed by atoms with Crippen molar-refractivity contribution in [3.8, 4) is 0 Å². The van der Waals surface area contributed by atoms with Gasteiger partial charge in [0, 0.05) is 6.54 Å². The summed E-state index contributed by atoms with van der Waals surface area (Å²) in [7, 11) is 0. The number of aliphatic hydroxyl groups is 1. The van der Waals surface area contributed by atoms with E-state index in [4.69, 9.17) is 4.42 Å². The molecule has 0 fully saturated rings. The molecular formula is C13H22BrNO2. The monoisotopic (exact) mass is 303 g/mol. The van der Waals surface area contributed by atoms with Crippen LogP contribution in [0.15, 0.2) is 21.2 Å². The van der Waals surface area contributed by atoms with Crippen molar-refractivity contribution in [3.05, 3.63) is 22.6 Å². The molecule has 1 aromatic rings. The minimum absolute atomic E-state index is 0.116. The van der Waals surface area contributed by atoms with Crippen LogP contribution in [0.2, 0.25) is 0 Å². The molecule has 0 amide bonds. The molecule has 0 aliphatic rings. The topological polar surface area (TPSA) is 45.4 Å². The Kier molecular flexibility index (Phi) is 6.23. The van der Waals surface area contributed by atoms with Gasteiger partial charge in [-0.15, -0.1) is 0 Å². The minimum atomic E-state index is -0.286. The molecule has 1 heterocycles. The predicted octanol–water partition coefficient (Wildman–Crippen LogP) is 3.49. The minimum Gasteiger partial charge on any atom is -0.453 e. The van der Waals surface area contributed by atoms with Crippen LogP contribution in [0.25, 0.3) is 0 Å². The second-order valence-electron chi connectivity index (χ2n) is 4.42. The summed E-state index contributed by atoms with van der Waals surface area (Å²) in [6, 6.07) is 3.93. The lowest BCUT2D eigenvalue weighted by Crippen LogP contribution is -2.33. The highest BCUT2D eigenvalue weighted by Gasteiger charge is 2.17. The van der Waals surface area contributed by atoms with E-state index in [0.29, 0.717) is 12.5 Å². The first-order chi connectivity index (χ1) is 8.08. The van der Waals surface area contributed by atoms with Gasteiger partial charge in [-0.1, -0.05) is 26.7 Å². The first-order valence-electron chi connectivity index (χ1n) is 6.25. The molecule has 1 rings (SSSR count). The van der Waals surface area contributed by atoms with Crippen LogP contribution in [-0.2, 0) is 0 Å². The third-order valence-electron chi connectivity index (χ3n) is 3.25. The van der Waals surface area contributed by atoms with Crippen molar-refractivity contribution in [2.75, 3.05) is 6.54 Å². The van der Waals surface area contributed by atoms with Crippen LogP contribution in [0.4, 0.5) is 0 Å². The second kappa shape index (κ2) is 7.19. The number of nitrogens with one attached hydrogen (secondary N) is 1. The number of aliphatic hydroxyl groups excluding tert-OH is 1. The second-order valence-corrected chi connectivity index (χ2v) is 5.20. The third-order valence-corrected chi connectivity index (χ3v) is 3.67. The van der Waals surface area contributed by atoms with E-state index in [9.17, 15) is 5.11 Å². The fourth-order valence-corrected chi connectivity index (χ4v) is 2.28. The number of hydrogen-bond donors (Lipinski definition) is 2. The van der Waals surface area contributed by atoms with E-state index in [0.717, 1.165) is 23.3 Å². The standard InChI is InChI=1S/C13H22BrNO2/c1-4-10(5-2)11(16)8-15-9(3)12-6-7-13(14)17-12/h6-7,9-11,15-16H,4-5,8H2,1-3H3. The van der Waals surface area contributed by atoms with E-state index in [1.807, 2.05) is 19.1 Å². The van der Waals surface area contributed by atoms with E-state index < -0.39 is 0 Å². The molecule has 0 radical (unpaired) electrons. The number of hydrogen-bond acceptors (Lipinski definition) is 3. The summed E-state index contributed by atoms with van der Waals surface area (Å²) in [6.07, 6.45) is 1.74. The maximum Gasteiger partial charge on any atom is 0.169 e. The number of halogens is 1. The Balaban J connectivity index is 2.40. The van der Waals surface area contributed by atoms with Gasteiger partial charge in [-0.3, -0.25) is 0 Å². The summed E-state index contributed by atoms with van der Waals surface area (Å²) < 4.78 is 6.20. The molecule has 17 heavy (non-hydrogen) atoms. The lowest BCUT2D eigenvalue weighted by atomic mass is 9.96. The highest BCUT2D eigenvalue weighted by Crippen LogP contribution is 2.20. The van der Waals surface area contributed by atoms with Crippen LogP contribution >= 0.6 is 15.9 Å². The van der Waals surface area contributed by atoms with Crippen LogP contribution in [-0.4, -0.2) is 17.8 Å². The van der Waals surface area contributed by atoms with E-state index in [1.54, 1.807) is 0 Å². The molecule has 2 N–H and O–H groups in total. The molecule has 2 atom stereocenters. The molecule has 3 nitrogen and oxygen atoms in total. The Labute approximate surface area is 112 Å². The fraction of sp³-hybridized carbons (Fsp3) is 0.692. The van der Waals surface area contributed by atoms with E-state index in [-0.39, 0.29) is 12.1 Å². The molecule has 98 valence electrons. The van der Waals surface area contributed by atoms with E-state index in [2.05, 4.69) is 35.1 Å². The first kappa shape index (κ1) is 14.7. The molecule has 0 spiro atoms. The zero-order valence-electron chi connectivity index (χ0n) is 10.7. The van der Waals surface area contributed by atoms with Gasteiger partial charge < -0.3 is 14.8 Å². The van der Waals surface area contributed by atoms with Gasteiger partial charge in [0.25, 0.3) is 0 Å². The third kappa shape index (κ3) is 4.45. The smallest absolute Gasteiger partial charge is 0.169 e. The molecule has 0 aromatic carbocycles. The van der Waals surface area contributed by atoms with Crippen LogP contribution in [0.1, 0.15) is 45.4 Å². The SMILES string of the molecule is CCC(CC)C(O)CNC(C)c1ccc(Br)o1. The highest BCUT2D eigenvalue weighted by molar-refractivity contribution is 9.10. The van der Waals surface area contributed by atoms with Crippen molar-refractivity contribution in [2.45, 2.75) is 45.8 Å². The normalized spacial score (nSPS) is 15.2. The first-order valence-corrected chi connectivity index (χ1v) is 7.04. The van der Waals surface area contributed by atoms with E-state index >= 15 is 0 Å². The van der Waals surface area contributed by atoms with Gasteiger partial charge in [-0.25, -0.2) is 0 Å². The fourth-order valence-electron chi connectivity index (χ4n) is 1.96. The van der Waals surface area contributed by atoms with Crippen LogP contribution < -0.4 is 5.32 Å². The number of rotatable bonds is 7. The summed E-state index contributed by atoms with van der Waals surface area (Å²) in [5.41, 5.74) is 0. The molecule has 4 heteroatoms. The Morgan fingerprint density at radius 1 is 1.35 bits per heavy atom. The zero-order chi connectivity index (χ0) is 12.8. The maximum atomic E-state index is 10.0. The summed E-state index contributed by atoms with van der Waals surface area (Å²) in [5, 5.41) is 13.3. The van der Waals surface area contributed by atoms with Gasteiger partial charge in [0.1, 0.15) is 5.76 Å². The van der Waals surface area contributed by atoms with Crippen molar-refractivity contribution in [1.29, 1.82) is 0 Å². The van der Waals surface area contributed by atoms with Crippen molar-refractivity contribution in [1.82, 2.24) is 5.32 Å². The molecule has 0 aliphatic heterocycles. The summed E-state index contributed by atoms with van der Waals surface area (Å²) in [6.45, 7) is 6.87. The maximum absolute atomic E-state index is 10.0. The summed E-state index contributed by atoms with van der Waals surface area (Å²) in [5.74, 6) is 1.26. The molecule has 0 aliphatic carbocycles. The van der Waals surface area contributed by atoms with Crippen molar-refractivity contribution in [2.24, 2.45) is 5.92 Å². The van der Waals surface area contributed by atoms with Crippen LogP contribution in [0, 0.1) is 5.92 Å². The average molecular weight is 304 g/mol. The van der Waals surface area contributed by atoms with Crippen LogP contribution in [0.3, 0.4) is 0 Å². The predicted molar refractivity (Wildman–Crippen MR) is 72.9 cm³/mol. The average Bonchev–Trinajstić information content (AvgIpc) is 2.74. The van der Waals surface area contributed by atoms with Crippen molar-refractivity contribution >= 4 is 15.9 Å². The van der Waals surface area contributed by atoms with E-state index in [1.165, 1.54) is 0 Å². The largest absolute Gasteiger partial charge is 0.453 e. The summed E-state index contributed by atoms with van der Waals surface area (Å²) >= 11 is 3.28. The van der Waals surface area contributed by atoms with Gasteiger partial charge >= 0.3 is 0 Å². The van der Waals surface area contributed by atoms with Crippen molar-refractivity contribution < 1.29 is 9.52 Å². The Bertz CT molecular complexity index is 323. The lowest BCUT2D eigenvalue weighted by Gasteiger charge is -2.22. The van der Waals surface area contributed by atoms with Gasteiger partial charge in [0.2, 0.25) is 0 Å². The molecular weight excluding hydrogens is 282 g/mol. The van der Waals surface area contributed by atoms with Gasteiger partial charge in [0.15, 0.2) is 4.67 Å². The molecule has 0 saturated carbocycles. The van der Waals surface area contributed by atoms with Crippen LogP contribution in [0.5, 0.6) is 0 Å². The quantitative estimate of drug-likeness (QED) is 0.810. The zero-order valence-corrected chi connectivity index (χ0v) is 12.3. The molecule has 0 bridgehead atoms.